The molecule has 3 aromatic rings. The number of piperazine rings is 1. The van der Waals surface area contributed by atoms with Crippen LogP contribution in [-0.2, 0) is 0 Å². The minimum Gasteiger partial charge on any atom is -0.450 e. The number of para-hydroxylation sites is 1. The van der Waals surface area contributed by atoms with Crippen molar-refractivity contribution in [1.29, 1.82) is 5.41 Å². The van der Waals surface area contributed by atoms with E-state index in [1.165, 1.54) is 18.5 Å². The van der Waals surface area contributed by atoms with E-state index in [1.54, 1.807) is 30.3 Å². The molecule has 1 aliphatic heterocycles. The van der Waals surface area contributed by atoms with Gasteiger partial charge in [-0.05, 0) is 49.9 Å². The number of benzene rings is 2. The molecule has 1 saturated carbocycles. The zero-order valence-corrected chi connectivity index (χ0v) is 21.1. The quantitative estimate of drug-likeness (QED) is 0.199. The maximum Gasteiger partial charge on any atom is 0.312 e. The molecule has 0 amide bonds. The summed E-state index contributed by atoms with van der Waals surface area (Å²) in [6.07, 6.45) is 5.55. The third kappa shape index (κ3) is 5.74. The summed E-state index contributed by atoms with van der Waals surface area (Å²) in [7, 11) is 0. The fourth-order valence-corrected chi connectivity index (χ4v) is 5.24. The highest BCUT2D eigenvalue weighted by Crippen LogP contribution is 2.34. The summed E-state index contributed by atoms with van der Waals surface area (Å²) in [4.78, 5) is 22.4. The number of ether oxygens (including phenoxy) is 1. The van der Waals surface area contributed by atoms with E-state index in [-0.39, 0.29) is 29.0 Å². The molecule has 1 aromatic heterocycles. The molecule has 2 heterocycles. The summed E-state index contributed by atoms with van der Waals surface area (Å²) in [5.41, 5.74) is 6.64. The lowest BCUT2D eigenvalue weighted by atomic mass is 9.89. The average Bonchev–Trinajstić information content (AvgIpc) is 2.94. The number of nitrogens with one attached hydrogen (secondary N) is 3. The van der Waals surface area contributed by atoms with Gasteiger partial charge in [0, 0.05) is 49.9 Å². The van der Waals surface area contributed by atoms with Gasteiger partial charge in [0.15, 0.2) is 0 Å². The smallest absolute Gasteiger partial charge is 0.312 e. The molecular formula is C27H32N8O3. The minimum absolute atomic E-state index is 0.00876. The van der Waals surface area contributed by atoms with E-state index in [0.717, 1.165) is 51.9 Å². The number of hydrogen-bond donors (Lipinski definition) is 4. The monoisotopic (exact) mass is 516 g/mol. The second kappa shape index (κ2) is 11.5. The largest absolute Gasteiger partial charge is 0.450 e. The third-order valence-electron chi connectivity index (χ3n) is 7.25. The predicted molar refractivity (Wildman–Crippen MR) is 146 cm³/mol. The van der Waals surface area contributed by atoms with Gasteiger partial charge in [-0.15, -0.1) is 0 Å². The Morgan fingerprint density at radius 3 is 2.55 bits per heavy atom. The molecule has 0 unspecified atom stereocenters. The fraction of sp³-hybridized carbons (Fsp3) is 0.370. The molecule has 1 aliphatic carbocycles. The first-order valence-corrected chi connectivity index (χ1v) is 12.9. The fourth-order valence-electron chi connectivity index (χ4n) is 5.24. The van der Waals surface area contributed by atoms with Gasteiger partial charge in [-0.2, -0.15) is 0 Å². The number of rotatable bonds is 8. The lowest BCUT2D eigenvalue weighted by molar-refractivity contribution is -0.385. The molecule has 1 saturated heterocycles. The van der Waals surface area contributed by atoms with Crippen LogP contribution in [0.4, 0.5) is 17.3 Å². The summed E-state index contributed by atoms with van der Waals surface area (Å²) < 4.78 is 5.73. The highest BCUT2D eigenvalue weighted by Gasteiger charge is 2.28. The summed E-state index contributed by atoms with van der Waals surface area (Å²) in [6, 6.07) is 14.1. The standard InChI is InChI=1S/C27H32N8O3/c28-25(18-6-11-23(22(16-18)35(36)37)38-21-4-2-1-3-5-21)24-26(29)31-17-32-27(24)33-19-7-9-20(10-8-19)34-14-12-30-13-15-34/h1-6,11,16-17,19-20,28,30H,7-10,12-15H2,(H3,29,31,32,33). The van der Waals surface area contributed by atoms with Crippen molar-refractivity contribution in [1.82, 2.24) is 20.2 Å². The molecule has 198 valence electrons. The van der Waals surface area contributed by atoms with Crippen LogP contribution < -0.4 is 21.1 Å². The van der Waals surface area contributed by atoms with Crippen LogP contribution in [0.3, 0.4) is 0 Å². The molecule has 2 aromatic carbocycles. The molecule has 5 rings (SSSR count). The third-order valence-corrected chi connectivity index (χ3v) is 7.25. The molecule has 5 N–H and O–H groups in total. The van der Waals surface area contributed by atoms with Gasteiger partial charge in [-0.3, -0.25) is 20.4 Å². The summed E-state index contributed by atoms with van der Waals surface area (Å²) in [5.74, 6) is 1.20. The highest BCUT2D eigenvalue weighted by atomic mass is 16.6. The Balaban J connectivity index is 1.33. The van der Waals surface area contributed by atoms with Crippen LogP contribution in [-0.4, -0.2) is 63.8 Å². The van der Waals surface area contributed by atoms with E-state index < -0.39 is 4.92 Å². The molecule has 0 spiro atoms. The van der Waals surface area contributed by atoms with Crippen LogP contribution >= 0.6 is 0 Å². The maximum atomic E-state index is 11.8. The van der Waals surface area contributed by atoms with Crippen LogP contribution in [0.25, 0.3) is 0 Å². The van der Waals surface area contributed by atoms with Gasteiger partial charge >= 0.3 is 5.69 Å². The van der Waals surface area contributed by atoms with Crippen molar-refractivity contribution in [3.05, 3.63) is 76.1 Å². The molecule has 2 aliphatic rings. The van der Waals surface area contributed by atoms with Crippen molar-refractivity contribution < 1.29 is 9.66 Å². The first-order valence-electron chi connectivity index (χ1n) is 12.9. The normalized spacial score (nSPS) is 20.0. The van der Waals surface area contributed by atoms with Crippen LogP contribution in [0.1, 0.15) is 36.8 Å². The lowest BCUT2D eigenvalue weighted by Gasteiger charge is -2.39. The Hall–Kier alpha value is -4.09. The topological polar surface area (TPSA) is 155 Å². The number of anilines is 2. The molecular weight excluding hydrogens is 484 g/mol. The van der Waals surface area contributed by atoms with Crippen molar-refractivity contribution in [2.24, 2.45) is 0 Å². The van der Waals surface area contributed by atoms with E-state index in [0.29, 0.717) is 28.7 Å². The Morgan fingerprint density at radius 1 is 1.11 bits per heavy atom. The second-order valence-electron chi connectivity index (χ2n) is 9.65. The van der Waals surface area contributed by atoms with Gasteiger partial charge in [-0.25, -0.2) is 9.97 Å². The molecule has 2 fully saturated rings. The molecule has 38 heavy (non-hydrogen) atoms. The first-order chi connectivity index (χ1) is 18.5. The van der Waals surface area contributed by atoms with E-state index in [9.17, 15) is 10.1 Å². The van der Waals surface area contributed by atoms with Crippen molar-refractivity contribution in [2.45, 2.75) is 37.8 Å². The number of aromatic nitrogens is 2. The summed E-state index contributed by atoms with van der Waals surface area (Å²) in [5, 5.41) is 27.6. The minimum atomic E-state index is -0.518. The van der Waals surface area contributed by atoms with Gasteiger partial charge in [0.25, 0.3) is 0 Å². The molecule has 0 bridgehead atoms. The molecule has 0 radical (unpaired) electrons. The maximum absolute atomic E-state index is 11.8. The molecule has 0 atom stereocenters. The van der Waals surface area contributed by atoms with Gasteiger partial charge in [0.05, 0.1) is 16.2 Å². The Morgan fingerprint density at radius 2 is 1.84 bits per heavy atom. The zero-order chi connectivity index (χ0) is 26.5. The number of nitrogens with two attached hydrogens (primary N) is 1. The van der Waals surface area contributed by atoms with Crippen LogP contribution in [0.15, 0.2) is 54.9 Å². The van der Waals surface area contributed by atoms with Crippen LogP contribution in [0, 0.1) is 15.5 Å². The summed E-state index contributed by atoms with van der Waals surface area (Å²) in [6.45, 7) is 4.27. The van der Waals surface area contributed by atoms with Crippen molar-refractivity contribution >= 4 is 23.0 Å². The second-order valence-corrected chi connectivity index (χ2v) is 9.65. The van der Waals surface area contributed by atoms with Gasteiger partial charge < -0.3 is 21.1 Å². The van der Waals surface area contributed by atoms with Crippen molar-refractivity contribution in [3.8, 4) is 11.5 Å². The zero-order valence-electron chi connectivity index (χ0n) is 21.1. The number of nitro groups is 1. The van der Waals surface area contributed by atoms with E-state index >= 15 is 0 Å². The molecule has 11 nitrogen and oxygen atoms in total. The highest BCUT2D eigenvalue weighted by molar-refractivity contribution is 6.16. The van der Waals surface area contributed by atoms with Crippen molar-refractivity contribution in [2.75, 3.05) is 37.2 Å². The van der Waals surface area contributed by atoms with Crippen LogP contribution in [0.2, 0.25) is 0 Å². The Labute approximate surface area is 221 Å². The lowest BCUT2D eigenvalue weighted by Crippen LogP contribution is -2.50. The Kier molecular flexibility index (Phi) is 7.75. The van der Waals surface area contributed by atoms with Crippen molar-refractivity contribution in [3.63, 3.8) is 0 Å². The number of nitro benzene ring substituents is 1. The van der Waals surface area contributed by atoms with Gasteiger partial charge in [0.1, 0.15) is 23.7 Å². The first kappa shape index (κ1) is 25.6. The van der Waals surface area contributed by atoms with E-state index in [1.807, 2.05) is 6.07 Å². The number of nitrogens with zero attached hydrogens (tertiary/aromatic N) is 4. The predicted octanol–water partition coefficient (Wildman–Crippen LogP) is 3.80. The molecule has 11 heteroatoms. The number of nitrogen functional groups attached to an aromatic ring is 1. The van der Waals surface area contributed by atoms with Gasteiger partial charge in [0.2, 0.25) is 5.75 Å². The van der Waals surface area contributed by atoms with E-state index in [4.69, 9.17) is 15.9 Å². The number of hydrogen-bond acceptors (Lipinski definition) is 10. The Bertz CT molecular complexity index is 1290. The van der Waals surface area contributed by atoms with Crippen LogP contribution in [0.5, 0.6) is 11.5 Å². The SMILES string of the molecule is N=C(c1ccc(Oc2ccccc2)c([N+](=O)[O-])c1)c1c(N)ncnc1NC1CCC(N2CCNCC2)CC1. The van der Waals surface area contributed by atoms with E-state index in [2.05, 4.69) is 25.5 Å². The van der Waals surface area contributed by atoms with Gasteiger partial charge in [-0.1, -0.05) is 18.2 Å². The summed E-state index contributed by atoms with van der Waals surface area (Å²) >= 11 is 0. The average molecular weight is 517 g/mol.